The van der Waals surface area contributed by atoms with Gasteiger partial charge < -0.3 is 5.32 Å². The van der Waals surface area contributed by atoms with Crippen molar-refractivity contribution in [2.45, 2.75) is 6.92 Å². The summed E-state index contributed by atoms with van der Waals surface area (Å²) in [5, 5.41) is 11.8. The molecule has 4 aromatic rings. The standard InChI is InChI=1S/C19H16N6O2/c1-12-18(25-9-3-2-4-17(25)22-12)13-7-8-20-16(10-13)23-15-6-5-14(11-21-15)19(26)24-27/h2-11,27H,1H3,(H,24,26)(H,20,21,23). The van der Waals surface area contributed by atoms with Gasteiger partial charge in [0.1, 0.15) is 17.3 Å². The van der Waals surface area contributed by atoms with Crippen LogP contribution in [0.2, 0.25) is 0 Å². The topological polar surface area (TPSA) is 104 Å². The van der Waals surface area contributed by atoms with Gasteiger partial charge in [0.05, 0.1) is 17.0 Å². The molecule has 0 radical (unpaired) electrons. The second-order valence-corrected chi connectivity index (χ2v) is 5.90. The molecule has 0 saturated heterocycles. The van der Waals surface area contributed by atoms with Gasteiger partial charge >= 0.3 is 0 Å². The third-order valence-electron chi connectivity index (χ3n) is 4.12. The summed E-state index contributed by atoms with van der Waals surface area (Å²) in [5.74, 6) is 0.533. The van der Waals surface area contributed by atoms with Gasteiger partial charge in [-0.15, -0.1) is 0 Å². The normalized spacial score (nSPS) is 10.7. The number of pyridine rings is 3. The van der Waals surface area contributed by atoms with Crippen molar-refractivity contribution in [1.82, 2.24) is 24.8 Å². The summed E-state index contributed by atoms with van der Waals surface area (Å²) in [7, 11) is 0. The molecular weight excluding hydrogens is 344 g/mol. The second kappa shape index (κ2) is 6.85. The average Bonchev–Trinajstić information content (AvgIpc) is 3.04. The number of nitrogens with zero attached hydrogens (tertiary/aromatic N) is 4. The fraction of sp³-hybridized carbons (Fsp3) is 0.0526. The number of anilines is 2. The molecule has 0 aliphatic heterocycles. The Hall–Kier alpha value is -3.78. The number of carbonyl (C=O) groups is 1. The highest BCUT2D eigenvalue weighted by Gasteiger charge is 2.11. The summed E-state index contributed by atoms with van der Waals surface area (Å²) in [6, 6.07) is 12.9. The van der Waals surface area contributed by atoms with Crippen molar-refractivity contribution in [3.8, 4) is 11.3 Å². The van der Waals surface area contributed by atoms with Crippen LogP contribution in [0, 0.1) is 6.92 Å². The fourth-order valence-electron chi connectivity index (χ4n) is 2.91. The van der Waals surface area contributed by atoms with Gasteiger partial charge in [-0.2, -0.15) is 0 Å². The fourth-order valence-corrected chi connectivity index (χ4v) is 2.91. The van der Waals surface area contributed by atoms with Crippen molar-refractivity contribution in [3.05, 3.63) is 72.3 Å². The van der Waals surface area contributed by atoms with Crippen molar-refractivity contribution >= 4 is 23.2 Å². The number of fused-ring (bicyclic) bond motifs is 1. The van der Waals surface area contributed by atoms with Gasteiger partial charge in [-0.1, -0.05) is 6.07 Å². The molecule has 0 saturated carbocycles. The molecule has 4 heterocycles. The number of imidazole rings is 1. The van der Waals surface area contributed by atoms with E-state index in [-0.39, 0.29) is 5.56 Å². The summed E-state index contributed by atoms with van der Waals surface area (Å²) in [6.45, 7) is 1.97. The van der Waals surface area contributed by atoms with Gasteiger partial charge in [-0.25, -0.2) is 20.4 Å². The molecule has 1 amide bonds. The number of carbonyl (C=O) groups excluding carboxylic acids is 1. The molecule has 4 aromatic heterocycles. The number of amides is 1. The van der Waals surface area contributed by atoms with E-state index in [4.69, 9.17) is 5.21 Å². The Morgan fingerprint density at radius 2 is 2.00 bits per heavy atom. The Morgan fingerprint density at radius 1 is 1.11 bits per heavy atom. The highest BCUT2D eigenvalue weighted by atomic mass is 16.5. The predicted molar refractivity (Wildman–Crippen MR) is 99.9 cm³/mol. The third kappa shape index (κ3) is 3.21. The SMILES string of the molecule is Cc1nc2ccccn2c1-c1ccnc(Nc2ccc(C(=O)NO)cn2)c1. The number of hydrogen-bond acceptors (Lipinski definition) is 6. The first-order valence-corrected chi connectivity index (χ1v) is 8.23. The number of nitrogens with one attached hydrogen (secondary N) is 2. The molecule has 3 N–H and O–H groups in total. The van der Waals surface area contributed by atoms with Crippen LogP contribution in [0.15, 0.2) is 61.1 Å². The van der Waals surface area contributed by atoms with Crippen molar-refractivity contribution < 1.29 is 10.0 Å². The summed E-state index contributed by atoms with van der Waals surface area (Å²) in [6.07, 6.45) is 5.06. The second-order valence-electron chi connectivity index (χ2n) is 5.90. The first-order valence-electron chi connectivity index (χ1n) is 8.23. The molecule has 8 heteroatoms. The third-order valence-corrected chi connectivity index (χ3v) is 4.12. The zero-order valence-corrected chi connectivity index (χ0v) is 14.4. The maximum atomic E-state index is 11.4. The number of aromatic nitrogens is 4. The van der Waals surface area contributed by atoms with E-state index in [2.05, 4.69) is 20.3 Å². The lowest BCUT2D eigenvalue weighted by molar-refractivity contribution is 0.0706. The lowest BCUT2D eigenvalue weighted by Gasteiger charge is -2.08. The van der Waals surface area contributed by atoms with Crippen LogP contribution in [0.4, 0.5) is 11.6 Å². The van der Waals surface area contributed by atoms with Gasteiger partial charge in [0, 0.05) is 24.2 Å². The van der Waals surface area contributed by atoms with E-state index < -0.39 is 5.91 Å². The molecule has 0 bridgehead atoms. The number of hydroxylamine groups is 1. The summed E-state index contributed by atoms with van der Waals surface area (Å²) in [5.41, 5.74) is 5.61. The van der Waals surface area contributed by atoms with Crippen LogP contribution in [0.3, 0.4) is 0 Å². The van der Waals surface area contributed by atoms with Crippen LogP contribution in [0.25, 0.3) is 16.9 Å². The van der Waals surface area contributed by atoms with Crippen molar-refractivity contribution in [3.63, 3.8) is 0 Å². The molecule has 8 nitrogen and oxygen atoms in total. The summed E-state index contributed by atoms with van der Waals surface area (Å²) >= 11 is 0. The van der Waals surface area contributed by atoms with Crippen LogP contribution in [-0.4, -0.2) is 30.5 Å². The predicted octanol–water partition coefficient (Wildman–Crippen LogP) is 2.96. The lowest BCUT2D eigenvalue weighted by atomic mass is 10.1. The highest BCUT2D eigenvalue weighted by molar-refractivity contribution is 5.93. The van der Waals surface area contributed by atoms with Crippen LogP contribution < -0.4 is 10.8 Å². The van der Waals surface area contributed by atoms with Gasteiger partial charge in [-0.3, -0.25) is 14.4 Å². The van der Waals surface area contributed by atoms with E-state index in [0.29, 0.717) is 11.6 Å². The Labute approximate surface area is 154 Å². The Morgan fingerprint density at radius 3 is 2.78 bits per heavy atom. The largest absolute Gasteiger partial charge is 0.325 e. The highest BCUT2D eigenvalue weighted by Crippen LogP contribution is 2.26. The number of hydrogen-bond donors (Lipinski definition) is 3. The molecule has 0 atom stereocenters. The monoisotopic (exact) mass is 360 g/mol. The first-order chi connectivity index (χ1) is 13.2. The van der Waals surface area contributed by atoms with E-state index >= 15 is 0 Å². The smallest absolute Gasteiger partial charge is 0.276 e. The first kappa shape index (κ1) is 16.7. The lowest BCUT2D eigenvalue weighted by Crippen LogP contribution is -2.18. The molecular formula is C19H16N6O2. The Bertz CT molecular complexity index is 1120. The van der Waals surface area contributed by atoms with Gasteiger partial charge in [-0.05, 0) is 43.3 Å². The summed E-state index contributed by atoms with van der Waals surface area (Å²) < 4.78 is 2.04. The molecule has 0 aromatic carbocycles. The van der Waals surface area contributed by atoms with E-state index in [1.165, 1.54) is 6.20 Å². The number of aryl methyl sites for hydroxylation is 1. The Kier molecular flexibility index (Phi) is 4.23. The number of rotatable bonds is 4. The molecule has 0 aliphatic rings. The maximum absolute atomic E-state index is 11.4. The zero-order chi connectivity index (χ0) is 18.8. The van der Waals surface area contributed by atoms with E-state index in [1.807, 2.05) is 47.9 Å². The van der Waals surface area contributed by atoms with Crippen LogP contribution in [-0.2, 0) is 0 Å². The van der Waals surface area contributed by atoms with E-state index in [1.54, 1.807) is 23.8 Å². The molecule has 0 fully saturated rings. The summed E-state index contributed by atoms with van der Waals surface area (Å²) in [4.78, 5) is 24.4. The minimum Gasteiger partial charge on any atom is -0.325 e. The van der Waals surface area contributed by atoms with Gasteiger partial charge in [0.25, 0.3) is 5.91 Å². The van der Waals surface area contributed by atoms with Crippen LogP contribution >= 0.6 is 0 Å². The van der Waals surface area contributed by atoms with Crippen LogP contribution in [0.5, 0.6) is 0 Å². The molecule has 27 heavy (non-hydrogen) atoms. The van der Waals surface area contributed by atoms with Gasteiger partial charge in [0.2, 0.25) is 0 Å². The van der Waals surface area contributed by atoms with Gasteiger partial charge in [0.15, 0.2) is 0 Å². The minimum atomic E-state index is -0.614. The van der Waals surface area contributed by atoms with Crippen molar-refractivity contribution in [1.29, 1.82) is 0 Å². The molecule has 4 rings (SSSR count). The molecule has 0 unspecified atom stereocenters. The van der Waals surface area contributed by atoms with Crippen LogP contribution in [0.1, 0.15) is 16.1 Å². The molecule has 134 valence electrons. The minimum absolute atomic E-state index is 0.256. The quantitative estimate of drug-likeness (QED) is 0.382. The molecule has 0 spiro atoms. The average molecular weight is 360 g/mol. The Balaban J connectivity index is 1.65. The van der Waals surface area contributed by atoms with Crippen molar-refractivity contribution in [2.24, 2.45) is 0 Å². The van der Waals surface area contributed by atoms with E-state index in [0.717, 1.165) is 22.6 Å². The maximum Gasteiger partial charge on any atom is 0.276 e. The van der Waals surface area contributed by atoms with E-state index in [9.17, 15) is 4.79 Å². The zero-order valence-electron chi connectivity index (χ0n) is 14.4. The van der Waals surface area contributed by atoms with Crippen molar-refractivity contribution in [2.75, 3.05) is 5.32 Å². The molecule has 0 aliphatic carbocycles.